The number of nitrogen functional groups attached to an aromatic ring is 1. The molecule has 0 aliphatic heterocycles. The summed E-state index contributed by atoms with van der Waals surface area (Å²) in [5.74, 6) is 1.48. The van der Waals surface area contributed by atoms with E-state index in [1.165, 1.54) is 0 Å². The number of hydrogen-bond donors (Lipinski definition) is 2. The molecule has 9 heteroatoms. The normalized spacial score (nSPS) is 12.1. The van der Waals surface area contributed by atoms with Crippen LogP contribution in [0.5, 0.6) is 0 Å². The van der Waals surface area contributed by atoms with Gasteiger partial charge in [-0.1, -0.05) is 6.92 Å². The number of nitrogens with zero attached hydrogens (tertiary/aromatic N) is 3. The van der Waals surface area contributed by atoms with Gasteiger partial charge in [0.25, 0.3) is 0 Å². The van der Waals surface area contributed by atoms with Crippen LogP contribution < -0.4 is 10.5 Å². The molecule has 2 aromatic rings. The van der Waals surface area contributed by atoms with Gasteiger partial charge in [-0.3, -0.25) is 0 Å². The smallest absolute Gasteiger partial charge is 0.211 e. The molecule has 2 rings (SSSR count). The summed E-state index contributed by atoms with van der Waals surface area (Å²) in [6, 6.07) is 1.98. The van der Waals surface area contributed by atoms with Crippen LogP contribution >= 0.6 is 0 Å². The second-order valence-electron chi connectivity index (χ2n) is 5.86. The third-order valence-electron chi connectivity index (χ3n) is 3.85. The van der Waals surface area contributed by atoms with E-state index in [4.69, 9.17) is 10.5 Å². The summed E-state index contributed by atoms with van der Waals surface area (Å²) in [6.45, 7) is 7.32. The number of rotatable bonds is 10. The first kappa shape index (κ1) is 19.6. The number of anilines is 1. The molecular weight excluding hydrogens is 342 g/mol. The van der Waals surface area contributed by atoms with E-state index in [1.54, 1.807) is 6.92 Å². The van der Waals surface area contributed by atoms with Gasteiger partial charge < -0.3 is 15.0 Å². The number of aromatic nitrogens is 3. The van der Waals surface area contributed by atoms with E-state index in [2.05, 4.69) is 26.2 Å². The summed E-state index contributed by atoms with van der Waals surface area (Å²) in [5.41, 5.74) is 8.54. The number of nitrogens with two attached hydrogens (primary N) is 1. The van der Waals surface area contributed by atoms with Gasteiger partial charge in [-0.05, 0) is 26.3 Å². The average Bonchev–Trinajstić information content (AvgIpc) is 2.89. The van der Waals surface area contributed by atoms with Gasteiger partial charge in [0, 0.05) is 25.2 Å². The first-order chi connectivity index (χ1) is 11.9. The largest absolute Gasteiger partial charge is 0.382 e. The van der Waals surface area contributed by atoms with Gasteiger partial charge in [-0.25, -0.2) is 23.1 Å². The molecule has 0 aliphatic carbocycles. The molecule has 0 atom stereocenters. The number of fused-ring (bicyclic) bond motifs is 1. The van der Waals surface area contributed by atoms with Crippen LogP contribution in [0.15, 0.2) is 6.07 Å². The van der Waals surface area contributed by atoms with Crippen molar-refractivity contribution in [2.45, 2.75) is 40.2 Å². The molecule has 0 spiro atoms. The average molecular weight is 369 g/mol. The molecule has 0 unspecified atom stereocenters. The lowest BCUT2D eigenvalue weighted by Gasteiger charge is -2.10. The summed E-state index contributed by atoms with van der Waals surface area (Å²) in [7, 11) is -3.17. The summed E-state index contributed by atoms with van der Waals surface area (Å²) in [5, 5.41) is 0. The van der Waals surface area contributed by atoms with Crippen molar-refractivity contribution in [3.8, 4) is 0 Å². The Morgan fingerprint density at radius 3 is 2.72 bits per heavy atom. The van der Waals surface area contributed by atoms with Crippen LogP contribution in [0.2, 0.25) is 0 Å². The predicted molar refractivity (Wildman–Crippen MR) is 99.0 cm³/mol. The predicted octanol–water partition coefficient (Wildman–Crippen LogP) is 1.23. The van der Waals surface area contributed by atoms with E-state index in [9.17, 15) is 8.42 Å². The Labute approximate surface area is 148 Å². The number of imidazole rings is 1. The number of hydrogen-bond acceptors (Lipinski definition) is 6. The molecule has 0 aliphatic rings. The zero-order chi connectivity index (χ0) is 18.4. The first-order valence-corrected chi connectivity index (χ1v) is 10.2. The molecule has 0 fully saturated rings. The summed E-state index contributed by atoms with van der Waals surface area (Å²) in [4.78, 5) is 8.90. The fraction of sp³-hybridized carbons (Fsp3) is 0.625. The van der Waals surface area contributed by atoms with Crippen molar-refractivity contribution in [3.05, 3.63) is 17.6 Å². The number of aryl methyl sites for hydroxylation is 2. The maximum Gasteiger partial charge on any atom is 0.211 e. The maximum absolute atomic E-state index is 11.3. The first-order valence-electron chi connectivity index (χ1n) is 8.55. The Morgan fingerprint density at radius 1 is 1.28 bits per heavy atom. The fourth-order valence-corrected chi connectivity index (χ4v) is 3.21. The molecular formula is C16H27N5O3S. The van der Waals surface area contributed by atoms with Crippen molar-refractivity contribution in [2.75, 3.05) is 31.2 Å². The topological polar surface area (TPSA) is 112 Å². The van der Waals surface area contributed by atoms with E-state index in [0.29, 0.717) is 25.6 Å². The van der Waals surface area contributed by atoms with Crippen LogP contribution in [-0.2, 0) is 27.7 Å². The standard InChI is InChI=1S/C16H27N5O3S/c1-4-6-14-20-15-13(11-12(3)19-16(15)17)21(14)8-10-24-9-7-18-25(22,23)5-2/h11,18H,4-10H2,1-3H3,(H2,17,19). The van der Waals surface area contributed by atoms with Crippen molar-refractivity contribution in [1.29, 1.82) is 0 Å². The van der Waals surface area contributed by atoms with Crippen LogP contribution in [0.3, 0.4) is 0 Å². The van der Waals surface area contributed by atoms with Crippen LogP contribution in [0.1, 0.15) is 31.8 Å². The highest BCUT2D eigenvalue weighted by molar-refractivity contribution is 7.89. The van der Waals surface area contributed by atoms with E-state index in [1.807, 2.05) is 13.0 Å². The fourth-order valence-electron chi connectivity index (χ4n) is 2.61. The van der Waals surface area contributed by atoms with E-state index in [-0.39, 0.29) is 12.3 Å². The Hall–Kier alpha value is -1.71. The number of nitrogens with one attached hydrogen (secondary N) is 1. The summed E-state index contributed by atoms with van der Waals surface area (Å²) >= 11 is 0. The zero-order valence-electron chi connectivity index (χ0n) is 15.1. The molecule has 0 radical (unpaired) electrons. The van der Waals surface area contributed by atoms with Crippen LogP contribution in [0.4, 0.5) is 5.82 Å². The minimum atomic E-state index is -3.17. The molecule has 0 saturated heterocycles. The lowest BCUT2D eigenvalue weighted by atomic mass is 10.3. The van der Waals surface area contributed by atoms with Crippen molar-refractivity contribution < 1.29 is 13.2 Å². The van der Waals surface area contributed by atoms with Gasteiger partial charge in [-0.15, -0.1) is 0 Å². The van der Waals surface area contributed by atoms with Crippen molar-refractivity contribution in [1.82, 2.24) is 19.3 Å². The molecule has 0 amide bonds. The van der Waals surface area contributed by atoms with E-state index < -0.39 is 10.0 Å². The molecule has 140 valence electrons. The number of sulfonamides is 1. The molecule has 0 aromatic carbocycles. The summed E-state index contributed by atoms with van der Waals surface area (Å²) in [6.07, 6.45) is 1.83. The van der Waals surface area contributed by atoms with E-state index >= 15 is 0 Å². The highest BCUT2D eigenvalue weighted by Crippen LogP contribution is 2.22. The minimum absolute atomic E-state index is 0.0726. The third kappa shape index (κ3) is 5.13. The van der Waals surface area contributed by atoms with Gasteiger partial charge in [0.1, 0.15) is 11.3 Å². The molecule has 3 N–H and O–H groups in total. The number of pyridine rings is 1. The lowest BCUT2D eigenvalue weighted by molar-refractivity contribution is 0.131. The van der Waals surface area contributed by atoms with Gasteiger partial charge >= 0.3 is 0 Å². The van der Waals surface area contributed by atoms with Gasteiger partial charge in [0.15, 0.2) is 5.82 Å². The minimum Gasteiger partial charge on any atom is -0.382 e. The third-order valence-corrected chi connectivity index (χ3v) is 5.26. The second kappa shape index (κ2) is 8.59. The SMILES string of the molecule is CCCc1nc2c(N)nc(C)cc2n1CCOCCNS(=O)(=O)CC. The Morgan fingerprint density at radius 2 is 2.04 bits per heavy atom. The molecule has 0 bridgehead atoms. The van der Waals surface area contributed by atoms with Crippen LogP contribution in [0, 0.1) is 6.92 Å². The molecule has 25 heavy (non-hydrogen) atoms. The summed E-state index contributed by atoms with van der Waals surface area (Å²) < 4.78 is 32.9. The Bertz CT molecular complexity index is 817. The van der Waals surface area contributed by atoms with Gasteiger partial charge in [-0.2, -0.15) is 0 Å². The lowest BCUT2D eigenvalue weighted by Crippen LogP contribution is -2.29. The molecule has 2 aromatic heterocycles. The van der Waals surface area contributed by atoms with Gasteiger partial charge in [0.2, 0.25) is 10.0 Å². The maximum atomic E-state index is 11.3. The highest BCUT2D eigenvalue weighted by atomic mass is 32.2. The molecule has 8 nitrogen and oxygen atoms in total. The van der Waals surface area contributed by atoms with Crippen molar-refractivity contribution in [2.24, 2.45) is 0 Å². The number of ether oxygens (including phenoxy) is 1. The van der Waals surface area contributed by atoms with Crippen molar-refractivity contribution >= 4 is 26.9 Å². The second-order valence-corrected chi connectivity index (χ2v) is 7.95. The van der Waals surface area contributed by atoms with Crippen LogP contribution in [-0.4, -0.2) is 48.5 Å². The monoisotopic (exact) mass is 369 g/mol. The highest BCUT2D eigenvalue weighted by Gasteiger charge is 2.13. The Balaban J connectivity index is 2.01. The zero-order valence-corrected chi connectivity index (χ0v) is 15.9. The quantitative estimate of drug-likeness (QED) is 0.609. The van der Waals surface area contributed by atoms with E-state index in [0.717, 1.165) is 35.4 Å². The van der Waals surface area contributed by atoms with Crippen LogP contribution in [0.25, 0.3) is 11.0 Å². The van der Waals surface area contributed by atoms with Gasteiger partial charge in [0.05, 0.1) is 24.5 Å². The van der Waals surface area contributed by atoms with Crippen molar-refractivity contribution in [3.63, 3.8) is 0 Å². The molecule has 0 saturated carbocycles. The Kier molecular flexibility index (Phi) is 6.74. The molecule has 2 heterocycles.